The van der Waals surface area contributed by atoms with Crippen LogP contribution in [0.5, 0.6) is 5.75 Å². The molecule has 2 heterocycles. The Bertz CT molecular complexity index is 846. The minimum Gasteiger partial charge on any atom is -0.478 e. The Morgan fingerprint density at radius 2 is 2.00 bits per heavy atom. The minimum atomic E-state index is -1.36. The predicted molar refractivity (Wildman–Crippen MR) is 88.7 cm³/mol. The standard InChI is InChI=1S/C17H19N3O5/c1-11-3-2-4-12(9-11)25-17(15(22)23)5-7-20(8-6-17)14(21)13-10-18-16(24)19-13/h2-4,9-10H,5-8H2,1H3,(H,22,23)(H2,18,19,24). The van der Waals surface area contributed by atoms with Gasteiger partial charge in [-0.05, 0) is 24.6 Å². The summed E-state index contributed by atoms with van der Waals surface area (Å²) in [7, 11) is 0. The second-order valence-corrected chi connectivity index (χ2v) is 6.17. The number of carboxylic acid groups (broad SMARTS) is 1. The summed E-state index contributed by atoms with van der Waals surface area (Å²) in [5, 5.41) is 9.68. The van der Waals surface area contributed by atoms with Crippen molar-refractivity contribution < 1.29 is 19.4 Å². The van der Waals surface area contributed by atoms with E-state index in [-0.39, 0.29) is 37.5 Å². The van der Waals surface area contributed by atoms with Gasteiger partial charge in [-0.1, -0.05) is 12.1 Å². The number of likely N-dealkylation sites (tertiary alicyclic amines) is 1. The minimum absolute atomic E-state index is 0.160. The van der Waals surface area contributed by atoms with Crippen LogP contribution in [-0.2, 0) is 4.79 Å². The van der Waals surface area contributed by atoms with Gasteiger partial charge in [0.15, 0.2) is 0 Å². The maximum absolute atomic E-state index is 12.3. The summed E-state index contributed by atoms with van der Waals surface area (Å²) < 4.78 is 5.82. The number of amides is 1. The summed E-state index contributed by atoms with van der Waals surface area (Å²) in [6, 6.07) is 7.22. The van der Waals surface area contributed by atoms with Gasteiger partial charge in [-0.25, -0.2) is 9.59 Å². The van der Waals surface area contributed by atoms with Crippen molar-refractivity contribution >= 4 is 11.9 Å². The second-order valence-electron chi connectivity index (χ2n) is 6.17. The van der Waals surface area contributed by atoms with Gasteiger partial charge >= 0.3 is 11.7 Å². The molecule has 0 unspecified atom stereocenters. The van der Waals surface area contributed by atoms with Crippen molar-refractivity contribution in [3.8, 4) is 5.75 Å². The van der Waals surface area contributed by atoms with E-state index in [1.54, 1.807) is 18.2 Å². The molecule has 0 bridgehead atoms. The molecule has 132 valence electrons. The lowest BCUT2D eigenvalue weighted by Crippen LogP contribution is -2.54. The van der Waals surface area contributed by atoms with Gasteiger partial charge in [0.2, 0.25) is 5.60 Å². The summed E-state index contributed by atoms with van der Waals surface area (Å²) in [4.78, 5) is 41.6. The molecule has 1 aliphatic heterocycles. The Hall–Kier alpha value is -3.03. The fourth-order valence-electron chi connectivity index (χ4n) is 2.95. The number of aryl methyl sites for hydroxylation is 1. The van der Waals surface area contributed by atoms with E-state index < -0.39 is 17.3 Å². The van der Waals surface area contributed by atoms with Crippen LogP contribution < -0.4 is 10.4 Å². The number of aromatic amines is 2. The monoisotopic (exact) mass is 345 g/mol. The zero-order valence-corrected chi connectivity index (χ0v) is 13.7. The number of carbonyl (C=O) groups is 2. The summed E-state index contributed by atoms with van der Waals surface area (Å²) >= 11 is 0. The Morgan fingerprint density at radius 3 is 2.56 bits per heavy atom. The molecule has 1 aromatic heterocycles. The third-order valence-electron chi connectivity index (χ3n) is 4.38. The zero-order chi connectivity index (χ0) is 18.0. The highest BCUT2D eigenvalue weighted by Crippen LogP contribution is 2.30. The Morgan fingerprint density at radius 1 is 1.28 bits per heavy atom. The molecular weight excluding hydrogens is 326 g/mol. The molecule has 1 aromatic carbocycles. The number of ether oxygens (including phenoxy) is 1. The average molecular weight is 345 g/mol. The van der Waals surface area contributed by atoms with E-state index in [0.717, 1.165) is 5.56 Å². The summed E-state index contributed by atoms with van der Waals surface area (Å²) in [5.74, 6) is -0.888. The molecule has 1 saturated heterocycles. The van der Waals surface area contributed by atoms with Crippen molar-refractivity contribution in [2.45, 2.75) is 25.4 Å². The van der Waals surface area contributed by atoms with Crippen LogP contribution in [0.1, 0.15) is 28.9 Å². The molecule has 25 heavy (non-hydrogen) atoms. The number of hydrogen-bond donors (Lipinski definition) is 3. The number of nitrogens with one attached hydrogen (secondary N) is 2. The molecule has 1 fully saturated rings. The SMILES string of the molecule is Cc1cccc(OC2(C(=O)O)CCN(C(=O)c3c[nH]c(=O)[nH]3)CC2)c1. The number of carbonyl (C=O) groups excluding carboxylic acids is 1. The van der Waals surface area contributed by atoms with Crippen molar-refractivity contribution in [2.75, 3.05) is 13.1 Å². The first-order chi connectivity index (χ1) is 11.9. The third-order valence-corrected chi connectivity index (χ3v) is 4.38. The molecule has 0 atom stereocenters. The van der Waals surface area contributed by atoms with Crippen LogP contribution in [-0.4, -0.2) is 50.5 Å². The van der Waals surface area contributed by atoms with E-state index in [0.29, 0.717) is 5.75 Å². The van der Waals surface area contributed by atoms with Gasteiger partial charge in [-0.2, -0.15) is 0 Å². The van der Waals surface area contributed by atoms with Gasteiger partial charge in [-0.15, -0.1) is 0 Å². The van der Waals surface area contributed by atoms with Crippen LogP contribution in [0, 0.1) is 6.92 Å². The molecule has 0 aliphatic carbocycles. The highest BCUT2D eigenvalue weighted by Gasteiger charge is 2.45. The number of carboxylic acids is 1. The molecule has 3 N–H and O–H groups in total. The molecule has 1 aliphatic rings. The van der Waals surface area contributed by atoms with Crippen molar-refractivity contribution in [3.05, 3.63) is 52.2 Å². The zero-order valence-electron chi connectivity index (χ0n) is 13.7. The first-order valence-corrected chi connectivity index (χ1v) is 7.96. The quantitative estimate of drug-likeness (QED) is 0.769. The van der Waals surface area contributed by atoms with Crippen molar-refractivity contribution in [2.24, 2.45) is 0 Å². The fourth-order valence-corrected chi connectivity index (χ4v) is 2.95. The van der Waals surface area contributed by atoms with Crippen molar-refractivity contribution in [1.82, 2.24) is 14.9 Å². The van der Waals surface area contributed by atoms with Gasteiger partial charge < -0.3 is 24.7 Å². The highest BCUT2D eigenvalue weighted by molar-refractivity contribution is 5.92. The predicted octanol–water partition coefficient (Wildman–Crippen LogP) is 1.15. The van der Waals surface area contributed by atoms with E-state index in [4.69, 9.17) is 4.74 Å². The van der Waals surface area contributed by atoms with E-state index in [2.05, 4.69) is 9.97 Å². The normalized spacial score (nSPS) is 16.4. The van der Waals surface area contributed by atoms with Gasteiger partial charge in [0.05, 0.1) is 0 Å². The molecule has 0 saturated carbocycles. The summed E-state index contributed by atoms with van der Waals surface area (Å²) in [5.41, 5.74) is -0.687. The lowest BCUT2D eigenvalue weighted by Gasteiger charge is -2.38. The largest absolute Gasteiger partial charge is 0.478 e. The lowest BCUT2D eigenvalue weighted by atomic mass is 9.90. The van der Waals surface area contributed by atoms with Crippen LogP contribution in [0.4, 0.5) is 0 Å². The molecule has 2 aromatic rings. The van der Waals surface area contributed by atoms with Crippen molar-refractivity contribution in [1.29, 1.82) is 0 Å². The fraction of sp³-hybridized carbons (Fsp3) is 0.353. The van der Waals surface area contributed by atoms with Crippen LogP contribution in [0.3, 0.4) is 0 Å². The molecule has 0 spiro atoms. The Balaban J connectivity index is 1.73. The molecule has 1 amide bonds. The molecule has 3 rings (SSSR count). The number of piperidine rings is 1. The highest BCUT2D eigenvalue weighted by atomic mass is 16.5. The second kappa shape index (κ2) is 6.46. The van der Waals surface area contributed by atoms with Crippen LogP contribution in [0.25, 0.3) is 0 Å². The maximum atomic E-state index is 12.3. The number of nitrogens with zero attached hydrogens (tertiary/aromatic N) is 1. The smallest absolute Gasteiger partial charge is 0.348 e. The number of aliphatic carboxylic acids is 1. The lowest BCUT2D eigenvalue weighted by molar-refractivity contribution is -0.159. The molecular formula is C17H19N3O5. The third kappa shape index (κ3) is 3.42. The first kappa shape index (κ1) is 16.8. The number of rotatable bonds is 4. The summed E-state index contributed by atoms with van der Waals surface area (Å²) in [6.07, 6.45) is 1.64. The van der Waals surface area contributed by atoms with Crippen LogP contribution in [0.2, 0.25) is 0 Å². The number of H-pyrrole nitrogens is 2. The van der Waals surface area contributed by atoms with E-state index in [9.17, 15) is 19.5 Å². The van der Waals surface area contributed by atoms with Gasteiger partial charge in [0, 0.05) is 32.1 Å². The topological polar surface area (TPSA) is 115 Å². The molecule has 8 heteroatoms. The van der Waals surface area contributed by atoms with Crippen LogP contribution in [0.15, 0.2) is 35.3 Å². The molecule has 8 nitrogen and oxygen atoms in total. The Labute approximate surface area is 143 Å². The number of hydrogen-bond acceptors (Lipinski definition) is 4. The van der Waals surface area contributed by atoms with E-state index in [1.807, 2.05) is 13.0 Å². The van der Waals surface area contributed by atoms with Gasteiger partial charge in [0.1, 0.15) is 11.4 Å². The van der Waals surface area contributed by atoms with E-state index in [1.165, 1.54) is 11.1 Å². The average Bonchev–Trinajstić information content (AvgIpc) is 3.01. The Kier molecular flexibility index (Phi) is 4.35. The number of aromatic nitrogens is 2. The van der Waals surface area contributed by atoms with Gasteiger partial charge in [-0.3, -0.25) is 4.79 Å². The van der Waals surface area contributed by atoms with Crippen LogP contribution >= 0.6 is 0 Å². The molecule has 0 radical (unpaired) electrons. The summed E-state index contributed by atoms with van der Waals surface area (Å²) in [6.45, 7) is 2.35. The van der Waals surface area contributed by atoms with Gasteiger partial charge in [0.25, 0.3) is 5.91 Å². The van der Waals surface area contributed by atoms with E-state index >= 15 is 0 Å². The maximum Gasteiger partial charge on any atom is 0.348 e. The first-order valence-electron chi connectivity index (χ1n) is 7.96. The number of imidazole rings is 1. The van der Waals surface area contributed by atoms with Crippen molar-refractivity contribution in [3.63, 3.8) is 0 Å². The number of benzene rings is 1.